The van der Waals surface area contributed by atoms with Crippen molar-refractivity contribution < 1.29 is 130 Å². The Morgan fingerprint density at radius 2 is 0.293 bits per heavy atom. The van der Waals surface area contributed by atoms with Gasteiger partial charge in [-0.05, 0) is 0 Å². The van der Waals surface area contributed by atoms with Crippen molar-refractivity contribution in [2.75, 3.05) is 0 Å². The van der Waals surface area contributed by atoms with Gasteiger partial charge in [-0.15, -0.1) is 0 Å². The molecule has 0 saturated heterocycles. The molecule has 0 bridgehead atoms. The van der Waals surface area contributed by atoms with Crippen molar-refractivity contribution in [3.63, 3.8) is 0 Å². The first kappa shape index (κ1) is 137. The summed E-state index contributed by atoms with van der Waals surface area (Å²) in [4.78, 5) is 124. The summed E-state index contributed by atoms with van der Waals surface area (Å²) in [6, 6.07) is 0. The molecule has 0 radical (unpaired) electrons. The maximum atomic E-state index is 8.66. The minimum Gasteiger partial charge on any atom is -1.00 e. The van der Waals surface area contributed by atoms with Crippen molar-refractivity contribution in [3.05, 3.63) is 0 Å². The van der Waals surface area contributed by atoms with Crippen LogP contribution in [0.3, 0.4) is 0 Å². The normalized spacial score (nSPS) is 7.20. The quantitative estimate of drug-likeness (QED) is 0.150. The van der Waals surface area contributed by atoms with E-state index >= 15 is 0 Å². The third-order valence-electron chi connectivity index (χ3n) is 0. The predicted octanol–water partition coefficient (Wildman–Crippen LogP) is -17.4. The summed E-state index contributed by atoms with van der Waals surface area (Å²) in [5, 5.41) is 0. The van der Waals surface area contributed by atoms with Crippen LogP contribution in [-0.2, 0) is 22.8 Å². The summed E-state index contributed by atoms with van der Waals surface area (Å²) in [6.07, 6.45) is 0. The smallest absolute Gasteiger partial charge is 1.00 e. The molecule has 0 saturated carbocycles. The third kappa shape index (κ3) is 558. The second-order valence-corrected chi connectivity index (χ2v) is 6.90. The third-order valence-corrected chi connectivity index (χ3v) is 0. The molecule has 0 spiro atoms. The van der Waals surface area contributed by atoms with Crippen LogP contribution in [0.15, 0.2) is 0 Å². The van der Waals surface area contributed by atoms with E-state index in [4.69, 9.17) is 96.2 Å². The van der Waals surface area contributed by atoms with E-state index in [9.17, 15) is 0 Å². The van der Waals surface area contributed by atoms with E-state index in [1.54, 1.807) is 0 Å². The number of phosphoric acid groups is 5. The number of rotatable bonds is 0. The molecular formula is H23Ca14O22P5. The zero-order valence-corrected chi connectivity index (χ0v) is 56.8. The zero-order valence-electron chi connectivity index (χ0n) is 37.4. The van der Waals surface area contributed by atoms with Crippen molar-refractivity contribution in [1.82, 2.24) is 0 Å². The van der Waals surface area contributed by atoms with E-state index in [1.807, 2.05) is 0 Å². The van der Waals surface area contributed by atoms with Crippen molar-refractivity contribution in [1.29, 1.82) is 0 Å². The molecule has 0 aliphatic heterocycles. The van der Waals surface area contributed by atoms with Gasteiger partial charge >= 0.3 is 528 Å². The SMILES string of the molecule is O.O.O=P([O-])([O-])O.O=P([O-])([O-])O.O=P([O-])([O-])O.O=P([O-])([O-])[O-].O=P([O-])([O-])[O-].[Ca+2].[Ca+2].[Ca+2].[Ca+2].[Ca+2].[Ca+2].[Ca+2].[Ca+2].[Ca+2].[Ca+2].[Ca+2].[Ca+2].[Ca+2].[Ca+2].[H-].[H-].[H-].[H-].[H-].[H-].[H-].[H-].[H-].[H-].[H-].[H-].[H-].[H-].[H-].[H-]. The number of hydrogen-bond donors (Lipinski definition) is 3. The van der Waals surface area contributed by atoms with Crippen LogP contribution in [-0.4, -0.2) is 554 Å². The molecule has 0 fully saturated rings. The monoisotopic (exact) mass is 1090 g/mol. The summed E-state index contributed by atoms with van der Waals surface area (Å²) in [5.41, 5.74) is 0. The van der Waals surface area contributed by atoms with Gasteiger partial charge < -0.3 is 130 Å². The Labute approximate surface area is 676 Å². The molecule has 208 valence electrons. The van der Waals surface area contributed by atoms with Crippen LogP contribution in [0.25, 0.3) is 0 Å². The maximum absolute atomic E-state index is 8.66. The molecule has 41 heteroatoms. The van der Waals surface area contributed by atoms with Crippen LogP contribution >= 0.6 is 39.1 Å². The fourth-order valence-corrected chi connectivity index (χ4v) is 0. The number of hydrogen-bond acceptors (Lipinski definition) is 17. The zero-order chi connectivity index (χ0) is 22.5. The summed E-state index contributed by atoms with van der Waals surface area (Å²) < 4.78 is 43.1. The largest absolute Gasteiger partial charge is 2.00 e. The summed E-state index contributed by atoms with van der Waals surface area (Å²) in [6.45, 7) is 0. The van der Waals surface area contributed by atoms with Crippen molar-refractivity contribution in [3.8, 4) is 0 Å². The van der Waals surface area contributed by atoms with Gasteiger partial charge in [-0.2, -0.15) is 15.6 Å². The molecule has 0 aliphatic carbocycles. The average Bonchev–Trinajstić information content (AvgIpc) is 1.79. The minimum absolute atomic E-state index is 0. The Hall–Kier alpha value is 18.1. The first-order valence-corrected chi connectivity index (χ1v) is 11.1. The molecule has 0 aromatic heterocycles. The molecule has 0 aromatic rings. The van der Waals surface area contributed by atoms with Gasteiger partial charge in [0.05, 0.1) is 23.5 Å². The fourth-order valence-electron chi connectivity index (χ4n) is 0. The van der Waals surface area contributed by atoms with Gasteiger partial charge in [-0.1, -0.05) is 0 Å². The Morgan fingerprint density at radius 3 is 0.293 bits per heavy atom. The molecule has 0 rings (SSSR count). The van der Waals surface area contributed by atoms with E-state index in [0.717, 1.165) is 0 Å². The second kappa shape index (κ2) is 81.9. The van der Waals surface area contributed by atoms with Gasteiger partial charge in [0.1, 0.15) is 0 Å². The Bertz CT molecular complexity index is 452. The summed E-state index contributed by atoms with van der Waals surface area (Å²) in [5.74, 6) is 0. The molecule has 0 aromatic carbocycles. The molecule has 0 atom stereocenters. The minimum atomic E-state index is -5.39. The molecule has 22 nitrogen and oxygen atoms in total. The molecular weight excluding hydrogens is 1070 g/mol. The molecule has 41 heavy (non-hydrogen) atoms. The fraction of sp³-hybridized carbons (Fsp3) is 0. The second-order valence-electron chi connectivity index (χ2n) is 2.30. The maximum Gasteiger partial charge on any atom is 2.00 e. The van der Waals surface area contributed by atoms with E-state index in [-0.39, 0.29) is 562 Å². The Balaban J connectivity index is -0.00000000220. The van der Waals surface area contributed by atoms with Gasteiger partial charge in [0.25, 0.3) is 0 Å². The van der Waals surface area contributed by atoms with E-state index in [2.05, 4.69) is 0 Å². The van der Waals surface area contributed by atoms with Crippen LogP contribution in [0.2, 0.25) is 0 Å². The molecule has 0 aliphatic rings. The van der Waals surface area contributed by atoms with Crippen LogP contribution in [0.5, 0.6) is 0 Å². The summed E-state index contributed by atoms with van der Waals surface area (Å²) >= 11 is 0. The van der Waals surface area contributed by atoms with Crippen molar-refractivity contribution in [2.24, 2.45) is 0 Å². The average molecular weight is 1090 g/mol. The van der Waals surface area contributed by atoms with Gasteiger partial charge in [0.15, 0.2) is 0 Å². The summed E-state index contributed by atoms with van der Waals surface area (Å²) in [7, 11) is -26.2. The van der Waals surface area contributed by atoms with Crippen molar-refractivity contribution in [2.45, 2.75) is 0 Å². The van der Waals surface area contributed by atoms with Gasteiger partial charge in [0, 0.05) is 0 Å². The standard InChI is InChI=1S/14Ca.5H3O4P.2H2O.16H/c;;;;;;;;;;;;;;5*1-5(2,3)4;;;;;;;;;;;;;;;;;;/h;;;;;;;;;;;;;;5*(H3,1,2,3,4);2*1H2;;;;;;;;;;;;;;;;/q14*+2;;;;;;;;16*-1/p-12. The van der Waals surface area contributed by atoms with E-state index in [1.165, 1.54) is 0 Å². The van der Waals surface area contributed by atoms with Crippen LogP contribution in [0.1, 0.15) is 22.8 Å². The van der Waals surface area contributed by atoms with Crippen LogP contribution in [0.4, 0.5) is 0 Å². The predicted molar refractivity (Wildman–Crippen MR) is 150 cm³/mol. The Morgan fingerprint density at radius 1 is 0.293 bits per heavy atom. The van der Waals surface area contributed by atoms with Gasteiger partial charge in [-0.3, -0.25) is 0 Å². The van der Waals surface area contributed by atoms with E-state index < -0.39 is 39.1 Å². The van der Waals surface area contributed by atoms with Crippen LogP contribution in [0, 0.1) is 0 Å². The first-order chi connectivity index (χ1) is 10.0. The molecule has 0 unspecified atom stereocenters. The first-order valence-electron chi connectivity index (χ1n) is 3.70. The van der Waals surface area contributed by atoms with Gasteiger partial charge in [-0.25, -0.2) is 0 Å². The molecule has 0 heterocycles. The van der Waals surface area contributed by atoms with Gasteiger partial charge in [0.2, 0.25) is 0 Å². The Kier molecular flexibility index (Phi) is 274. The van der Waals surface area contributed by atoms with Crippen LogP contribution < -0.4 is 58.7 Å². The topological polar surface area (TPSA) is 486 Å². The molecule has 7 N–H and O–H groups in total. The molecule has 0 amide bonds. The van der Waals surface area contributed by atoms with Crippen molar-refractivity contribution >= 4 is 567 Å². The van der Waals surface area contributed by atoms with E-state index in [0.29, 0.717) is 0 Å².